The Bertz CT molecular complexity index is 549. The second-order valence-corrected chi connectivity index (χ2v) is 4.53. The third kappa shape index (κ3) is 2.11. The molecule has 5 heteroatoms. The third-order valence-corrected chi connectivity index (χ3v) is 3.28. The molecule has 0 bridgehead atoms. The molecule has 0 radical (unpaired) electrons. The molecule has 0 aromatic carbocycles. The Hall–Kier alpha value is -2.17. The predicted octanol–water partition coefficient (Wildman–Crippen LogP) is 1.09. The van der Waals surface area contributed by atoms with Crippen LogP contribution in [0.3, 0.4) is 0 Å². The van der Waals surface area contributed by atoms with Crippen molar-refractivity contribution in [1.82, 2.24) is 20.5 Å². The number of nitrogens with one attached hydrogen (secondary N) is 2. The van der Waals surface area contributed by atoms with Crippen LogP contribution in [0, 0.1) is 0 Å². The molecule has 0 spiro atoms. The predicted molar refractivity (Wildman–Crippen MR) is 66.1 cm³/mol. The van der Waals surface area contributed by atoms with Crippen LogP contribution in [-0.4, -0.2) is 27.1 Å². The van der Waals surface area contributed by atoms with Crippen LogP contribution >= 0.6 is 0 Å². The van der Waals surface area contributed by atoms with E-state index in [1.807, 2.05) is 6.20 Å². The highest BCUT2D eigenvalue weighted by Crippen LogP contribution is 2.18. The highest BCUT2D eigenvalue weighted by molar-refractivity contribution is 5.94. The molecule has 0 saturated carbocycles. The van der Waals surface area contributed by atoms with Gasteiger partial charge in [0.25, 0.3) is 5.91 Å². The summed E-state index contributed by atoms with van der Waals surface area (Å²) in [4.78, 5) is 15.9. The van der Waals surface area contributed by atoms with Crippen LogP contribution < -0.4 is 5.32 Å². The standard InChI is InChI=1S/C13H14N4O/c18-13(10-2-1-5-14-7-10)16-11-4-3-9-8-15-17-12(9)6-11/h1-2,5,7-8,11H,3-4,6H2,(H,15,17)(H,16,18). The van der Waals surface area contributed by atoms with Gasteiger partial charge in [0, 0.05) is 30.6 Å². The summed E-state index contributed by atoms with van der Waals surface area (Å²) in [5.41, 5.74) is 3.01. The highest BCUT2D eigenvalue weighted by atomic mass is 16.1. The number of aryl methyl sites for hydroxylation is 1. The van der Waals surface area contributed by atoms with Crippen LogP contribution in [0.15, 0.2) is 30.7 Å². The van der Waals surface area contributed by atoms with Gasteiger partial charge < -0.3 is 5.32 Å². The van der Waals surface area contributed by atoms with Crippen LogP contribution in [-0.2, 0) is 12.8 Å². The van der Waals surface area contributed by atoms with Crippen molar-refractivity contribution in [2.24, 2.45) is 0 Å². The number of aromatic amines is 1. The van der Waals surface area contributed by atoms with E-state index >= 15 is 0 Å². The normalized spacial score (nSPS) is 18.1. The lowest BCUT2D eigenvalue weighted by Gasteiger charge is -2.22. The topological polar surface area (TPSA) is 70.7 Å². The Morgan fingerprint density at radius 3 is 3.22 bits per heavy atom. The van der Waals surface area contributed by atoms with Gasteiger partial charge >= 0.3 is 0 Å². The minimum atomic E-state index is -0.0592. The number of hydrogen-bond acceptors (Lipinski definition) is 3. The van der Waals surface area contributed by atoms with Crippen molar-refractivity contribution in [3.8, 4) is 0 Å². The minimum absolute atomic E-state index is 0.0592. The van der Waals surface area contributed by atoms with Crippen molar-refractivity contribution in [1.29, 1.82) is 0 Å². The molecule has 5 nitrogen and oxygen atoms in total. The van der Waals surface area contributed by atoms with E-state index < -0.39 is 0 Å². The molecule has 2 N–H and O–H groups in total. The second-order valence-electron chi connectivity index (χ2n) is 4.53. The van der Waals surface area contributed by atoms with Crippen molar-refractivity contribution in [3.63, 3.8) is 0 Å². The first kappa shape index (κ1) is 11.0. The van der Waals surface area contributed by atoms with Gasteiger partial charge in [-0.2, -0.15) is 5.10 Å². The second kappa shape index (κ2) is 4.60. The van der Waals surface area contributed by atoms with E-state index in [0.717, 1.165) is 25.0 Å². The van der Waals surface area contributed by atoms with Gasteiger partial charge in [-0.05, 0) is 30.5 Å². The van der Waals surface area contributed by atoms with Gasteiger partial charge in [0.05, 0.1) is 11.8 Å². The summed E-state index contributed by atoms with van der Waals surface area (Å²) < 4.78 is 0. The Kier molecular flexibility index (Phi) is 2.80. The maximum absolute atomic E-state index is 12.0. The molecule has 2 heterocycles. The first-order chi connectivity index (χ1) is 8.83. The average molecular weight is 242 g/mol. The quantitative estimate of drug-likeness (QED) is 0.828. The molecule has 1 aliphatic rings. The van der Waals surface area contributed by atoms with Gasteiger partial charge in [0.2, 0.25) is 0 Å². The Balaban J connectivity index is 1.67. The van der Waals surface area contributed by atoms with Crippen molar-refractivity contribution in [2.45, 2.75) is 25.3 Å². The number of aromatic nitrogens is 3. The van der Waals surface area contributed by atoms with E-state index in [-0.39, 0.29) is 11.9 Å². The smallest absolute Gasteiger partial charge is 0.253 e. The van der Waals surface area contributed by atoms with E-state index in [0.29, 0.717) is 5.56 Å². The lowest BCUT2D eigenvalue weighted by atomic mass is 9.93. The van der Waals surface area contributed by atoms with E-state index in [1.165, 1.54) is 5.56 Å². The van der Waals surface area contributed by atoms with Crippen molar-refractivity contribution in [2.75, 3.05) is 0 Å². The number of rotatable bonds is 2. The summed E-state index contributed by atoms with van der Waals surface area (Å²) in [6.07, 6.45) is 7.85. The van der Waals surface area contributed by atoms with Crippen molar-refractivity contribution >= 4 is 5.91 Å². The number of hydrogen-bond donors (Lipinski definition) is 2. The Morgan fingerprint density at radius 1 is 1.44 bits per heavy atom. The molecule has 3 rings (SSSR count). The zero-order valence-corrected chi connectivity index (χ0v) is 9.89. The van der Waals surface area contributed by atoms with Gasteiger partial charge in [0.1, 0.15) is 0 Å². The molecule has 1 atom stereocenters. The van der Waals surface area contributed by atoms with E-state index in [9.17, 15) is 4.79 Å². The number of fused-ring (bicyclic) bond motifs is 1. The molecule has 1 amide bonds. The SMILES string of the molecule is O=C(NC1CCc2cn[nH]c2C1)c1cccnc1. The van der Waals surface area contributed by atoms with Crippen molar-refractivity contribution in [3.05, 3.63) is 47.5 Å². The minimum Gasteiger partial charge on any atom is -0.349 e. The summed E-state index contributed by atoms with van der Waals surface area (Å²) in [6.45, 7) is 0. The lowest BCUT2D eigenvalue weighted by molar-refractivity contribution is 0.0933. The fourth-order valence-electron chi connectivity index (χ4n) is 2.30. The van der Waals surface area contributed by atoms with Crippen LogP contribution in [0.2, 0.25) is 0 Å². The number of carbonyl (C=O) groups is 1. The molecule has 0 aliphatic heterocycles. The summed E-state index contributed by atoms with van der Waals surface area (Å²) in [6, 6.07) is 3.71. The largest absolute Gasteiger partial charge is 0.349 e. The molecule has 1 unspecified atom stereocenters. The average Bonchev–Trinajstić information content (AvgIpc) is 2.87. The van der Waals surface area contributed by atoms with Crippen LogP contribution in [0.5, 0.6) is 0 Å². The van der Waals surface area contributed by atoms with Crippen LogP contribution in [0.1, 0.15) is 28.0 Å². The fourth-order valence-corrected chi connectivity index (χ4v) is 2.30. The van der Waals surface area contributed by atoms with Crippen LogP contribution in [0.4, 0.5) is 0 Å². The number of H-pyrrole nitrogens is 1. The Morgan fingerprint density at radius 2 is 2.39 bits per heavy atom. The van der Waals surface area contributed by atoms with Gasteiger partial charge in [-0.15, -0.1) is 0 Å². The first-order valence-corrected chi connectivity index (χ1v) is 6.05. The van der Waals surface area contributed by atoms with Gasteiger partial charge in [-0.25, -0.2) is 0 Å². The zero-order chi connectivity index (χ0) is 12.4. The molecule has 1 aliphatic carbocycles. The molecule has 2 aromatic rings. The number of nitrogens with zero attached hydrogens (tertiary/aromatic N) is 2. The van der Waals surface area contributed by atoms with Crippen molar-refractivity contribution < 1.29 is 4.79 Å². The van der Waals surface area contributed by atoms with Gasteiger partial charge in [0.15, 0.2) is 0 Å². The monoisotopic (exact) mass is 242 g/mol. The molecule has 2 aromatic heterocycles. The zero-order valence-electron chi connectivity index (χ0n) is 9.89. The summed E-state index contributed by atoms with van der Waals surface area (Å²) in [7, 11) is 0. The molecule has 92 valence electrons. The maximum Gasteiger partial charge on any atom is 0.253 e. The maximum atomic E-state index is 12.0. The van der Waals surface area contributed by atoms with Gasteiger partial charge in [-0.3, -0.25) is 14.9 Å². The highest BCUT2D eigenvalue weighted by Gasteiger charge is 2.21. The Labute approximate surface area is 105 Å². The van der Waals surface area contributed by atoms with E-state index in [1.54, 1.807) is 24.5 Å². The van der Waals surface area contributed by atoms with E-state index in [2.05, 4.69) is 20.5 Å². The molecular weight excluding hydrogens is 228 g/mol. The molecule has 0 fully saturated rings. The molecule has 0 saturated heterocycles. The number of amides is 1. The molecule has 18 heavy (non-hydrogen) atoms. The number of pyridine rings is 1. The third-order valence-electron chi connectivity index (χ3n) is 3.28. The van der Waals surface area contributed by atoms with Crippen LogP contribution in [0.25, 0.3) is 0 Å². The molecular formula is C13H14N4O. The fraction of sp³-hybridized carbons (Fsp3) is 0.308. The first-order valence-electron chi connectivity index (χ1n) is 6.05. The van der Waals surface area contributed by atoms with E-state index in [4.69, 9.17) is 0 Å². The lowest BCUT2D eigenvalue weighted by Crippen LogP contribution is -2.38. The summed E-state index contributed by atoms with van der Waals surface area (Å²) in [5, 5.41) is 10.1. The summed E-state index contributed by atoms with van der Waals surface area (Å²) >= 11 is 0. The number of carbonyl (C=O) groups excluding carboxylic acids is 1. The van der Waals surface area contributed by atoms with Gasteiger partial charge in [-0.1, -0.05) is 0 Å². The summed E-state index contributed by atoms with van der Waals surface area (Å²) in [5.74, 6) is -0.0592.